The fourth-order valence-corrected chi connectivity index (χ4v) is 7.96. The Balaban J connectivity index is 0.00000154. The number of aliphatic hydroxyl groups is 1. The molecule has 3 aromatic rings. The van der Waals surface area contributed by atoms with Gasteiger partial charge in [0, 0.05) is 42.0 Å². The molecule has 0 aliphatic carbocycles. The lowest BCUT2D eigenvalue weighted by Gasteiger charge is -2.47. The second-order valence-electron chi connectivity index (χ2n) is 12.2. The van der Waals surface area contributed by atoms with E-state index in [0.717, 1.165) is 62.3 Å². The van der Waals surface area contributed by atoms with Crippen LogP contribution in [0.25, 0.3) is 10.2 Å². The van der Waals surface area contributed by atoms with Gasteiger partial charge in [-0.15, -0.1) is 11.3 Å². The van der Waals surface area contributed by atoms with E-state index in [-0.39, 0.29) is 28.6 Å². The number of aromatic amines is 1. The van der Waals surface area contributed by atoms with E-state index in [1.165, 1.54) is 49.5 Å². The molecule has 0 saturated carbocycles. The average Bonchev–Trinajstić information content (AvgIpc) is 3.66. The summed E-state index contributed by atoms with van der Waals surface area (Å²) in [6.45, 7) is 8.33. The second kappa shape index (κ2) is 17.9. The number of carbonyl (C=O) groups excluding carboxylic acids is 1. The molecule has 1 atom stereocenters. The van der Waals surface area contributed by atoms with E-state index in [9.17, 15) is 19.8 Å². The van der Waals surface area contributed by atoms with E-state index in [1.807, 2.05) is 23.3 Å². The Kier molecular flexibility index (Phi) is 14.0. The van der Waals surface area contributed by atoms with Crippen LogP contribution in [0.2, 0.25) is 0 Å². The third kappa shape index (κ3) is 10.1. The Morgan fingerprint density at radius 1 is 1.13 bits per heavy atom. The molecule has 2 aliphatic heterocycles. The van der Waals surface area contributed by atoms with E-state index in [1.54, 1.807) is 17.4 Å². The number of fused-ring (bicyclic) bond motifs is 1. The normalized spacial score (nSPS) is 17.1. The molecule has 2 aromatic heterocycles. The molecule has 0 unspecified atom stereocenters. The largest absolute Gasteiger partial charge is 0.506 e. The number of morpholine rings is 1. The second-order valence-corrected chi connectivity index (χ2v) is 14.3. The van der Waals surface area contributed by atoms with Crippen LogP contribution in [0.3, 0.4) is 0 Å². The fraction of sp³-hybridized carbons (Fsp3) is 0.606. The highest BCUT2D eigenvalue weighted by molar-refractivity contribution is 7.16. The van der Waals surface area contributed by atoms with E-state index >= 15 is 0 Å². The van der Waals surface area contributed by atoms with Crippen molar-refractivity contribution in [2.45, 2.75) is 76.4 Å². The third-order valence-corrected chi connectivity index (χ3v) is 10.7. The van der Waals surface area contributed by atoms with Crippen LogP contribution in [-0.2, 0) is 9.53 Å². The number of phenolic OH excluding ortho intramolecular Hbond substituents is 1. The van der Waals surface area contributed by atoms with Crippen molar-refractivity contribution in [1.29, 1.82) is 0 Å². The topological polar surface area (TPSA) is 155 Å². The molecular formula is C33H48N4O7S2. The van der Waals surface area contributed by atoms with Crippen LogP contribution in [0, 0.1) is 6.92 Å². The zero-order valence-corrected chi connectivity index (χ0v) is 28.3. The minimum Gasteiger partial charge on any atom is -0.506 e. The number of thiazole rings is 1. The van der Waals surface area contributed by atoms with E-state index in [2.05, 4.69) is 15.2 Å². The van der Waals surface area contributed by atoms with Crippen molar-refractivity contribution in [2.24, 2.45) is 0 Å². The smallest absolute Gasteiger partial charge is 0.305 e. The number of carbonyl (C=O) groups is 2. The molecule has 13 heteroatoms. The standard InChI is InChI=1S/C32H46N4O5S2.CH2O2/c1-23-19-24(21-42-23)30(39)36-17-18-41-32(22-36)11-15-35(16-12-32)14-8-6-4-2-3-5-7-13-33-20-27(38)25-9-10-26(37)28-29(25)43-31(40)34-28;2-1-3/h9-10,19,21,27,33,37-38H,2-8,11-18,20,22H2,1H3,(H,34,40);1H,(H,2,3)/t27-;/m0./s1. The number of carboxylic acid groups (broad SMARTS) is 1. The third-order valence-electron chi connectivity index (χ3n) is 8.89. The first-order valence-corrected chi connectivity index (χ1v) is 18.0. The van der Waals surface area contributed by atoms with E-state index < -0.39 is 6.10 Å². The average molecular weight is 677 g/mol. The number of nitrogens with one attached hydrogen (secondary N) is 2. The molecule has 2 aliphatic rings. The number of H-pyrrole nitrogens is 1. The number of nitrogens with zero attached hydrogens (tertiary/aromatic N) is 2. The number of phenols is 1. The fourth-order valence-electron chi connectivity index (χ4n) is 6.36. The van der Waals surface area contributed by atoms with Gasteiger partial charge in [0.2, 0.25) is 0 Å². The van der Waals surface area contributed by atoms with Gasteiger partial charge >= 0.3 is 4.87 Å². The number of rotatable bonds is 14. The summed E-state index contributed by atoms with van der Waals surface area (Å²) in [5, 5.41) is 32.7. The predicted molar refractivity (Wildman–Crippen MR) is 182 cm³/mol. The summed E-state index contributed by atoms with van der Waals surface area (Å²) in [4.78, 5) is 41.2. The lowest BCUT2D eigenvalue weighted by Crippen LogP contribution is -2.58. The van der Waals surface area contributed by atoms with Gasteiger partial charge in [-0.05, 0) is 57.8 Å². The van der Waals surface area contributed by atoms with Crippen molar-refractivity contribution in [3.63, 3.8) is 0 Å². The number of aryl methyl sites for hydroxylation is 1. The number of piperidine rings is 1. The number of likely N-dealkylation sites (tertiary alicyclic amines) is 1. The summed E-state index contributed by atoms with van der Waals surface area (Å²) in [6.07, 6.45) is 9.75. The van der Waals surface area contributed by atoms with E-state index in [4.69, 9.17) is 14.6 Å². The van der Waals surface area contributed by atoms with Gasteiger partial charge in [0.25, 0.3) is 12.4 Å². The van der Waals surface area contributed by atoms with Gasteiger partial charge in [-0.25, -0.2) is 0 Å². The number of unbranched alkanes of at least 4 members (excludes halogenated alkanes) is 6. The monoisotopic (exact) mass is 676 g/mol. The van der Waals surface area contributed by atoms with Gasteiger partial charge in [0.1, 0.15) is 11.3 Å². The molecule has 0 bridgehead atoms. The summed E-state index contributed by atoms with van der Waals surface area (Å²) in [6, 6.07) is 5.20. The molecule has 254 valence electrons. The molecule has 1 amide bonds. The van der Waals surface area contributed by atoms with E-state index in [0.29, 0.717) is 42.0 Å². The Morgan fingerprint density at radius 2 is 1.83 bits per heavy atom. The molecular weight excluding hydrogens is 629 g/mol. The Morgan fingerprint density at radius 3 is 2.52 bits per heavy atom. The molecule has 5 rings (SSSR count). The first-order chi connectivity index (χ1) is 22.2. The van der Waals surface area contributed by atoms with Crippen LogP contribution < -0.4 is 10.2 Å². The number of hydrogen-bond acceptors (Lipinski definition) is 10. The van der Waals surface area contributed by atoms with Crippen molar-refractivity contribution in [3.05, 3.63) is 49.3 Å². The first-order valence-electron chi connectivity index (χ1n) is 16.3. The van der Waals surface area contributed by atoms with Crippen molar-refractivity contribution in [3.8, 4) is 5.75 Å². The molecule has 1 spiro atoms. The first kappa shape index (κ1) is 36.0. The summed E-state index contributed by atoms with van der Waals surface area (Å²) in [7, 11) is 0. The summed E-state index contributed by atoms with van der Waals surface area (Å²) < 4.78 is 6.90. The number of aromatic hydroxyl groups is 1. The van der Waals surface area contributed by atoms with Crippen molar-refractivity contribution < 1.29 is 29.6 Å². The molecule has 11 nitrogen and oxygen atoms in total. The molecule has 1 aromatic carbocycles. The molecule has 0 radical (unpaired) electrons. The maximum atomic E-state index is 13.0. The number of thiophene rings is 1. The Bertz CT molecular complexity index is 1450. The highest BCUT2D eigenvalue weighted by atomic mass is 32.1. The molecule has 46 heavy (non-hydrogen) atoms. The van der Waals surface area contributed by atoms with Gasteiger partial charge in [0.15, 0.2) is 0 Å². The van der Waals surface area contributed by atoms with Crippen LogP contribution in [-0.4, -0.2) is 101 Å². The molecule has 2 fully saturated rings. The minimum absolute atomic E-state index is 0.0263. The number of benzene rings is 1. The zero-order chi connectivity index (χ0) is 32.9. The van der Waals surface area contributed by atoms with Gasteiger partial charge < -0.3 is 40.2 Å². The van der Waals surface area contributed by atoms with Crippen LogP contribution >= 0.6 is 22.7 Å². The highest BCUT2D eigenvalue weighted by Crippen LogP contribution is 2.32. The highest BCUT2D eigenvalue weighted by Gasteiger charge is 2.41. The van der Waals surface area contributed by atoms with Crippen molar-refractivity contribution >= 4 is 45.3 Å². The van der Waals surface area contributed by atoms with Crippen LogP contribution in [0.5, 0.6) is 5.75 Å². The quantitative estimate of drug-likeness (QED) is 0.120. The van der Waals surface area contributed by atoms with Gasteiger partial charge in [-0.2, -0.15) is 0 Å². The number of aromatic nitrogens is 1. The minimum atomic E-state index is -0.727. The lowest BCUT2D eigenvalue weighted by molar-refractivity contribution is -0.127. The van der Waals surface area contributed by atoms with Crippen LogP contribution in [0.1, 0.15) is 84.7 Å². The molecule has 4 heterocycles. The maximum Gasteiger partial charge on any atom is 0.305 e. The SMILES string of the molecule is Cc1cc(C(=O)N2CCOC3(CCN(CCCCCCCCCNC[C@H](O)c4ccc(O)c5[nH]c(=O)sc45)CC3)C2)cs1.O=CO. The Hall–Kier alpha value is -2.81. The lowest BCUT2D eigenvalue weighted by atomic mass is 9.89. The molecule has 5 N–H and O–H groups in total. The van der Waals surface area contributed by atoms with Gasteiger partial charge in [-0.3, -0.25) is 14.4 Å². The van der Waals surface area contributed by atoms with Gasteiger partial charge in [0.05, 0.1) is 35.1 Å². The van der Waals surface area contributed by atoms with Crippen molar-refractivity contribution in [2.75, 3.05) is 52.4 Å². The maximum absolute atomic E-state index is 13.0. The Labute approximate surface area is 278 Å². The number of aliphatic hydroxyl groups excluding tert-OH is 1. The number of ether oxygens (including phenoxy) is 1. The predicted octanol–water partition coefficient (Wildman–Crippen LogP) is 4.73. The summed E-state index contributed by atoms with van der Waals surface area (Å²) in [5.41, 5.74) is 1.70. The van der Waals surface area contributed by atoms with Crippen LogP contribution in [0.4, 0.5) is 0 Å². The number of amides is 1. The summed E-state index contributed by atoms with van der Waals surface area (Å²) in [5.74, 6) is 0.174. The number of hydrogen-bond donors (Lipinski definition) is 5. The summed E-state index contributed by atoms with van der Waals surface area (Å²) >= 11 is 2.65. The van der Waals surface area contributed by atoms with Gasteiger partial charge in [-0.1, -0.05) is 49.5 Å². The zero-order valence-electron chi connectivity index (χ0n) is 26.7. The van der Waals surface area contributed by atoms with Crippen LogP contribution in [0.15, 0.2) is 28.4 Å². The molecule has 2 saturated heterocycles. The van der Waals surface area contributed by atoms with Crippen molar-refractivity contribution in [1.82, 2.24) is 20.1 Å².